The van der Waals surface area contributed by atoms with Crippen LogP contribution in [0.5, 0.6) is 0 Å². The standard InChI is InChI=1S/C11H21N/c1-9-8-12-10-6-4-3-5-7-11(9,10)2/h9-10,12H,3-8H2,1-2H3. The van der Waals surface area contributed by atoms with Gasteiger partial charge in [0.05, 0.1) is 0 Å². The van der Waals surface area contributed by atoms with Crippen molar-refractivity contribution < 1.29 is 0 Å². The number of hydrogen-bond acceptors (Lipinski definition) is 1. The fourth-order valence-corrected chi connectivity index (χ4v) is 3.01. The Hall–Kier alpha value is -0.0400. The van der Waals surface area contributed by atoms with Crippen molar-refractivity contribution >= 4 is 0 Å². The minimum absolute atomic E-state index is 0.622. The number of fused-ring (bicyclic) bond motifs is 1. The smallest absolute Gasteiger partial charge is 0.0124 e. The first-order valence-electron chi connectivity index (χ1n) is 5.47. The summed E-state index contributed by atoms with van der Waals surface area (Å²) in [5.74, 6) is 0.889. The van der Waals surface area contributed by atoms with Crippen LogP contribution in [0.15, 0.2) is 0 Å². The highest BCUT2D eigenvalue weighted by molar-refractivity contribution is 4.99. The Bertz CT molecular complexity index is 166. The van der Waals surface area contributed by atoms with E-state index in [1.54, 1.807) is 0 Å². The maximum atomic E-state index is 3.69. The highest BCUT2D eigenvalue weighted by Gasteiger charge is 2.43. The molecular formula is C11H21N. The monoisotopic (exact) mass is 167 g/mol. The van der Waals surface area contributed by atoms with Crippen LogP contribution in [0.1, 0.15) is 46.0 Å². The largest absolute Gasteiger partial charge is 0.313 e. The normalized spacial score (nSPS) is 48.5. The lowest BCUT2D eigenvalue weighted by molar-refractivity contribution is 0.199. The van der Waals surface area contributed by atoms with Crippen molar-refractivity contribution in [2.45, 2.75) is 52.0 Å². The van der Waals surface area contributed by atoms with E-state index < -0.39 is 0 Å². The van der Waals surface area contributed by atoms with Gasteiger partial charge in [0.2, 0.25) is 0 Å². The van der Waals surface area contributed by atoms with E-state index in [-0.39, 0.29) is 0 Å². The molecule has 1 N–H and O–H groups in total. The molecule has 1 aliphatic carbocycles. The van der Waals surface area contributed by atoms with Gasteiger partial charge in [-0.2, -0.15) is 0 Å². The van der Waals surface area contributed by atoms with Gasteiger partial charge in [-0.1, -0.05) is 33.1 Å². The second-order valence-electron chi connectivity index (χ2n) is 4.97. The summed E-state index contributed by atoms with van der Waals surface area (Å²) in [4.78, 5) is 0. The summed E-state index contributed by atoms with van der Waals surface area (Å²) < 4.78 is 0. The SMILES string of the molecule is CC1CNC2CCCCCC12C. The number of hydrogen-bond donors (Lipinski definition) is 1. The minimum atomic E-state index is 0.622. The second-order valence-corrected chi connectivity index (χ2v) is 4.97. The molecule has 2 fully saturated rings. The zero-order valence-electron chi connectivity index (χ0n) is 8.40. The van der Waals surface area contributed by atoms with Gasteiger partial charge in [-0.15, -0.1) is 0 Å². The summed E-state index contributed by atoms with van der Waals surface area (Å²) in [7, 11) is 0. The van der Waals surface area contributed by atoms with Crippen LogP contribution in [-0.4, -0.2) is 12.6 Å². The van der Waals surface area contributed by atoms with Gasteiger partial charge < -0.3 is 5.32 Å². The highest BCUT2D eigenvalue weighted by atomic mass is 15.0. The molecule has 3 unspecified atom stereocenters. The summed E-state index contributed by atoms with van der Waals surface area (Å²) in [6.07, 6.45) is 7.23. The van der Waals surface area contributed by atoms with Crippen LogP contribution in [-0.2, 0) is 0 Å². The molecule has 70 valence electrons. The lowest BCUT2D eigenvalue weighted by Crippen LogP contribution is -2.35. The predicted molar refractivity (Wildman–Crippen MR) is 52.1 cm³/mol. The molecule has 0 spiro atoms. The maximum Gasteiger partial charge on any atom is 0.0124 e. The molecular weight excluding hydrogens is 146 g/mol. The lowest BCUT2D eigenvalue weighted by atomic mass is 9.73. The van der Waals surface area contributed by atoms with E-state index in [2.05, 4.69) is 19.2 Å². The molecule has 12 heavy (non-hydrogen) atoms. The van der Waals surface area contributed by atoms with E-state index in [0.717, 1.165) is 12.0 Å². The quantitative estimate of drug-likeness (QED) is 0.584. The third-order valence-corrected chi connectivity index (χ3v) is 4.30. The molecule has 3 atom stereocenters. The summed E-state index contributed by atoms with van der Waals surface area (Å²) in [5, 5.41) is 3.69. The molecule has 0 aromatic heterocycles. The minimum Gasteiger partial charge on any atom is -0.313 e. The first-order chi connectivity index (χ1) is 5.73. The molecule has 0 bridgehead atoms. The molecule has 1 saturated carbocycles. The van der Waals surface area contributed by atoms with Gasteiger partial charge in [-0.3, -0.25) is 0 Å². The number of nitrogens with one attached hydrogen (secondary N) is 1. The Balaban J connectivity index is 2.15. The van der Waals surface area contributed by atoms with Crippen LogP contribution >= 0.6 is 0 Å². The molecule has 0 aromatic carbocycles. The average Bonchev–Trinajstić information content (AvgIpc) is 2.24. The Morgan fingerprint density at radius 3 is 2.92 bits per heavy atom. The van der Waals surface area contributed by atoms with Crippen LogP contribution in [0.25, 0.3) is 0 Å². The fraction of sp³-hybridized carbons (Fsp3) is 1.00. The third-order valence-electron chi connectivity index (χ3n) is 4.30. The van der Waals surface area contributed by atoms with Gasteiger partial charge in [0, 0.05) is 6.04 Å². The number of rotatable bonds is 0. The van der Waals surface area contributed by atoms with Gasteiger partial charge in [-0.25, -0.2) is 0 Å². The molecule has 1 aliphatic heterocycles. The maximum absolute atomic E-state index is 3.69. The molecule has 2 aliphatic rings. The summed E-state index contributed by atoms with van der Waals surface area (Å²) >= 11 is 0. The highest BCUT2D eigenvalue weighted by Crippen LogP contribution is 2.44. The van der Waals surface area contributed by atoms with E-state index in [1.165, 1.54) is 38.6 Å². The third kappa shape index (κ3) is 1.19. The molecule has 1 nitrogen and oxygen atoms in total. The van der Waals surface area contributed by atoms with Gasteiger partial charge in [0.15, 0.2) is 0 Å². The van der Waals surface area contributed by atoms with Crippen LogP contribution in [0.3, 0.4) is 0 Å². The predicted octanol–water partition coefficient (Wildman–Crippen LogP) is 2.56. The van der Waals surface area contributed by atoms with E-state index in [1.807, 2.05) is 0 Å². The average molecular weight is 167 g/mol. The van der Waals surface area contributed by atoms with Gasteiger partial charge in [0.1, 0.15) is 0 Å². The van der Waals surface area contributed by atoms with E-state index in [4.69, 9.17) is 0 Å². The van der Waals surface area contributed by atoms with Crippen molar-refractivity contribution in [1.82, 2.24) is 5.32 Å². The fourth-order valence-electron chi connectivity index (χ4n) is 3.01. The van der Waals surface area contributed by atoms with Gasteiger partial charge in [0.25, 0.3) is 0 Å². The van der Waals surface area contributed by atoms with Crippen molar-refractivity contribution in [3.8, 4) is 0 Å². The van der Waals surface area contributed by atoms with Crippen molar-refractivity contribution in [3.05, 3.63) is 0 Å². The Labute approximate surface area is 75.9 Å². The van der Waals surface area contributed by atoms with E-state index in [0.29, 0.717) is 5.41 Å². The molecule has 0 amide bonds. The Morgan fingerprint density at radius 2 is 2.08 bits per heavy atom. The molecule has 1 heterocycles. The summed E-state index contributed by atoms with van der Waals surface area (Å²) in [6.45, 7) is 6.16. The van der Waals surface area contributed by atoms with Crippen molar-refractivity contribution in [2.75, 3.05) is 6.54 Å². The molecule has 1 saturated heterocycles. The zero-order chi connectivity index (χ0) is 8.60. The molecule has 2 rings (SSSR count). The van der Waals surface area contributed by atoms with Crippen LogP contribution in [0, 0.1) is 11.3 Å². The van der Waals surface area contributed by atoms with Crippen LogP contribution in [0.2, 0.25) is 0 Å². The van der Waals surface area contributed by atoms with Crippen LogP contribution in [0.4, 0.5) is 0 Å². The molecule has 1 heteroatoms. The topological polar surface area (TPSA) is 12.0 Å². The van der Waals surface area contributed by atoms with Crippen molar-refractivity contribution in [3.63, 3.8) is 0 Å². The van der Waals surface area contributed by atoms with Gasteiger partial charge in [-0.05, 0) is 30.7 Å². The van der Waals surface area contributed by atoms with Crippen molar-refractivity contribution in [1.29, 1.82) is 0 Å². The van der Waals surface area contributed by atoms with E-state index >= 15 is 0 Å². The van der Waals surface area contributed by atoms with Crippen molar-refractivity contribution in [2.24, 2.45) is 11.3 Å². The molecule has 0 radical (unpaired) electrons. The Morgan fingerprint density at radius 1 is 1.25 bits per heavy atom. The van der Waals surface area contributed by atoms with Crippen LogP contribution < -0.4 is 5.32 Å². The van der Waals surface area contributed by atoms with E-state index in [9.17, 15) is 0 Å². The Kier molecular flexibility index (Phi) is 2.16. The first kappa shape index (κ1) is 8.55. The first-order valence-corrected chi connectivity index (χ1v) is 5.47. The van der Waals surface area contributed by atoms with Gasteiger partial charge >= 0.3 is 0 Å². The molecule has 0 aromatic rings. The second kappa shape index (κ2) is 3.02. The summed E-state index contributed by atoms with van der Waals surface area (Å²) in [5.41, 5.74) is 0.622. The lowest BCUT2D eigenvalue weighted by Gasteiger charge is -2.33. The summed E-state index contributed by atoms with van der Waals surface area (Å²) in [6, 6.07) is 0.829. The zero-order valence-corrected chi connectivity index (χ0v) is 8.40.